The zero-order valence-corrected chi connectivity index (χ0v) is 15.1. The lowest BCUT2D eigenvalue weighted by molar-refractivity contribution is -0.124. The molecule has 0 heterocycles. The number of ketones is 1. The van der Waals surface area contributed by atoms with Gasteiger partial charge in [0.1, 0.15) is 5.78 Å². The summed E-state index contributed by atoms with van der Waals surface area (Å²) in [5.74, 6) is 2.00. The first-order chi connectivity index (χ1) is 9.52. The minimum atomic E-state index is -0.0303. The lowest BCUT2D eigenvalue weighted by Crippen LogP contribution is -2.26. The molecule has 0 aromatic heterocycles. The second-order valence-electron chi connectivity index (χ2n) is 4.30. The normalized spacial score (nSPS) is 9.90. The van der Waals surface area contributed by atoms with Gasteiger partial charge in [-0.25, -0.2) is 0 Å². The minimum Gasteiger partial charge on any atom is -0.355 e. The third-order valence-corrected chi connectivity index (χ3v) is 4.44. The van der Waals surface area contributed by atoms with Gasteiger partial charge in [0, 0.05) is 46.3 Å². The van der Waals surface area contributed by atoms with Gasteiger partial charge in [0.05, 0.1) is 0 Å². The molecule has 124 valence electrons. The van der Waals surface area contributed by atoms with Crippen LogP contribution in [0.1, 0.15) is 50.3 Å². The summed E-state index contributed by atoms with van der Waals surface area (Å²) < 4.78 is 0. The number of carbonyl (C=O) groups is 2. The second kappa shape index (κ2) is 16.9. The Kier molecular flexibility index (Phi) is 18.6. The zero-order chi connectivity index (χ0) is 15.8. The molecule has 1 amide bonds. The van der Waals surface area contributed by atoms with Gasteiger partial charge < -0.3 is 15.4 Å². The van der Waals surface area contributed by atoms with Gasteiger partial charge in [-0.1, -0.05) is 49.3 Å². The van der Waals surface area contributed by atoms with E-state index >= 15 is 0 Å². The third kappa shape index (κ3) is 20.1. The molecule has 0 atom stereocenters. The lowest BCUT2D eigenvalue weighted by atomic mass is 10.2. The largest absolute Gasteiger partial charge is 0.355 e. The Bertz CT molecular complexity index is 259. The van der Waals surface area contributed by atoms with Gasteiger partial charge in [0.25, 0.3) is 0 Å². The molecule has 4 nitrogen and oxygen atoms in total. The summed E-state index contributed by atoms with van der Waals surface area (Å²) in [6, 6.07) is 0.538. The van der Waals surface area contributed by atoms with Crippen molar-refractivity contribution in [2.24, 2.45) is 0 Å². The third-order valence-electron chi connectivity index (χ3n) is 2.03. The molecule has 0 spiro atoms. The monoisotopic (exact) mass is 326 g/mol. The van der Waals surface area contributed by atoms with Crippen LogP contribution in [0.15, 0.2) is 0 Å². The predicted octanol–water partition coefficient (Wildman–Crippen LogP) is 3.37. The quantitative estimate of drug-likeness (QED) is 0.450. The lowest BCUT2D eigenvalue weighted by Gasteiger charge is -2.07. The number of nitrogens with one attached hydrogen (secondary N) is 2. The Morgan fingerprint density at radius 3 is 2.10 bits per heavy atom. The smallest absolute Gasteiger partial charge is 0.220 e. The van der Waals surface area contributed by atoms with Crippen LogP contribution in [-0.2, 0) is 9.59 Å². The summed E-state index contributed by atoms with van der Waals surface area (Å²) in [5, 5.41) is 6.15. The van der Waals surface area contributed by atoms with Gasteiger partial charge in [0.15, 0.2) is 0 Å². The van der Waals surface area contributed by atoms with E-state index in [0.717, 1.165) is 18.1 Å². The molecule has 0 aromatic rings. The van der Waals surface area contributed by atoms with Crippen LogP contribution in [0, 0.1) is 0 Å². The SMILES string of the molecule is CC.CC(=O)CCC(=O)NCCSSCCNC(C)C.[HH].[HH]. The number of carbonyl (C=O) groups excluding carboxylic acids is 2. The molecule has 2 N–H and O–H groups in total. The van der Waals surface area contributed by atoms with E-state index in [9.17, 15) is 9.59 Å². The van der Waals surface area contributed by atoms with E-state index in [1.54, 1.807) is 10.8 Å². The summed E-state index contributed by atoms with van der Waals surface area (Å²) in [5.41, 5.74) is 0. The molecule has 0 saturated carbocycles. The van der Waals surface area contributed by atoms with E-state index in [1.807, 2.05) is 24.6 Å². The Labute approximate surface area is 135 Å². The number of amides is 1. The molecule has 0 aliphatic heterocycles. The number of hydrogen-bond acceptors (Lipinski definition) is 5. The summed E-state index contributed by atoms with van der Waals surface area (Å²) >= 11 is 0. The molecule has 6 heteroatoms. The van der Waals surface area contributed by atoms with E-state index in [0.29, 0.717) is 25.4 Å². The van der Waals surface area contributed by atoms with E-state index in [-0.39, 0.29) is 14.5 Å². The summed E-state index contributed by atoms with van der Waals surface area (Å²) in [6.07, 6.45) is 0.653. The van der Waals surface area contributed by atoms with E-state index in [4.69, 9.17) is 0 Å². The highest BCUT2D eigenvalue weighted by Crippen LogP contribution is 2.19. The van der Waals surface area contributed by atoms with Gasteiger partial charge in [-0.05, 0) is 6.92 Å². The van der Waals surface area contributed by atoms with Gasteiger partial charge >= 0.3 is 0 Å². The molecule has 0 bridgehead atoms. The topological polar surface area (TPSA) is 58.2 Å². The van der Waals surface area contributed by atoms with Crippen LogP contribution in [0.5, 0.6) is 0 Å². The molecule has 0 aliphatic carbocycles. The van der Waals surface area contributed by atoms with Gasteiger partial charge in [-0.15, -0.1) is 0 Å². The van der Waals surface area contributed by atoms with Gasteiger partial charge in [0.2, 0.25) is 5.91 Å². The number of Topliss-reactive ketones (excluding diaryl/α,β-unsaturated/α-hetero) is 1. The molecule has 0 aliphatic rings. The van der Waals surface area contributed by atoms with Crippen molar-refractivity contribution in [2.75, 3.05) is 24.6 Å². The Hall–Kier alpha value is -0.200. The maximum atomic E-state index is 11.3. The highest BCUT2D eigenvalue weighted by molar-refractivity contribution is 8.76. The molecule has 0 radical (unpaired) electrons. The van der Waals surface area contributed by atoms with Crippen molar-refractivity contribution in [1.29, 1.82) is 0 Å². The average molecular weight is 327 g/mol. The highest BCUT2D eigenvalue weighted by Gasteiger charge is 2.02. The van der Waals surface area contributed by atoms with Gasteiger partial charge in [-0.2, -0.15) is 0 Å². The van der Waals surface area contributed by atoms with E-state index in [1.165, 1.54) is 6.92 Å². The fourth-order valence-electron chi connectivity index (χ4n) is 1.12. The Morgan fingerprint density at radius 1 is 1.05 bits per heavy atom. The predicted molar refractivity (Wildman–Crippen MR) is 96.6 cm³/mol. The van der Waals surface area contributed by atoms with Crippen molar-refractivity contribution in [3.63, 3.8) is 0 Å². The molecule has 0 aromatic carbocycles. The second-order valence-corrected chi connectivity index (χ2v) is 7.01. The highest BCUT2D eigenvalue weighted by atomic mass is 33.1. The van der Waals surface area contributed by atoms with Crippen molar-refractivity contribution in [1.82, 2.24) is 10.6 Å². The maximum Gasteiger partial charge on any atom is 0.220 e. The Balaban J connectivity index is -0.000000387. The fraction of sp³-hybridized carbons (Fsp3) is 0.857. The Morgan fingerprint density at radius 2 is 1.60 bits per heavy atom. The number of hydrogen-bond donors (Lipinski definition) is 2. The standard InChI is InChI=1S/C12H24N2O2S2.C2H6.2H2/c1-10(2)13-6-8-17-18-9-7-14-12(16)5-4-11(3)15;1-2;;/h10,13H,4-9H2,1-3H3,(H,14,16);1-2H3;2*1H. The van der Waals surface area contributed by atoms with E-state index in [2.05, 4.69) is 24.5 Å². The molecule has 0 saturated heterocycles. The first-order valence-electron chi connectivity index (χ1n) is 7.26. The van der Waals surface area contributed by atoms with Crippen molar-refractivity contribution in [2.45, 2.75) is 53.5 Å². The molecule has 0 unspecified atom stereocenters. The fourth-order valence-corrected chi connectivity index (χ4v) is 2.95. The molecule has 20 heavy (non-hydrogen) atoms. The van der Waals surface area contributed by atoms with Crippen LogP contribution >= 0.6 is 21.6 Å². The van der Waals surface area contributed by atoms with Crippen molar-refractivity contribution in [3.8, 4) is 0 Å². The van der Waals surface area contributed by atoms with Crippen LogP contribution in [0.2, 0.25) is 0 Å². The zero-order valence-electron chi connectivity index (χ0n) is 13.5. The summed E-state index contributed by atoms with van der Waals surface area (Å²) in [7, 11) is 3.58. The van der Waals surface area contributed by atoms with Crippen LogP contribution in [0.25, 0.3) is 0 Å². The van der Waals surface area contributed by atoms with E-state index < -0.39 is 0 Å². The van der Waals surface area contributed by atoms with Crippen LogP contribution in [0.3, 0.4) is 0 Å². The summed E-state index contributed by atoms with van der Waals surface area (Å²) in [6.45, 7) is 11.5. The van der Waals surface area contributed by atoms with Crippen LogP contribution in [0.4, 0.5) is 0 Å². The van der Waals surface area contributed by atoms with Crippen LogP contribution in [-0.4, -0.2) is 42.3 Å². The van der Waals surface area contributed by atoms with Crippen molar-refractivity contribution >= 4 is 33.3 Å². The minimum absolute atomic E-state index is 0. The maximum absolute atomic E-state index is 11.3. The molecular formula is C14H34N2O2S2. The van der Waals surface area contributed by atoms with Crippen molar-refractivity contribution < 1.29 is 12.4 Å². The van der Waals surface area contributed by atoms with Crippen molar-refractivity contribution in [3.05, 3.63) is 0 Å². The molecular weight excluding hydrogens is 292 g/mol. The number of rotatable bonds is 11. The first kappa shape index (κ1) is 22.1. The van der Waals surface area contributed by atoms with Crippen LogP contribution < -0.4 is 10.6 Å². The van der Waals surface area contributed by atoms with Gasteiger partial charge in [-0.3, -0.25) is 4.79 Å². The molecule has 0 fully saturated rings. The average Bonchev–Trinajstić information content (AvgIpc) is 2.41. The molecule has 0 rings (SSSR count). The summed E-state index contributed by atoms with van der Waals surface area (Å²) in [4.78, 5) is 21.9. The first-order valence-corrected chi connectivity index (χ1v) is 9.75.